The van der Waals surface area contributed by atoms with Gasteiger partial charge in [0.05, 0.1) is 6.54 Å². The zero-order valence-corrected chi connectivity index (χ0v) is 13.4. The SMILES string of the molecule is Cc1csc(CNC(=O)NC[C@@H](O)COc2cccc(F)c2)n1. The number of nitrogens with zero attached hydrogens (tertiary/aromatic N) is 1. The third-order valence-electron chi connectivity index (χ3n) is 2.80. The van der Waals surface area contributed by atoms with Crippen molar-refractivity contribution in [2.75, 3.05) is 13.2 Å². The summed E-state index contributed by atoms with van der Waals surface area (Å²) in [5.41, 5.74) is 0.914. The molecule has 23 heavy (non-hydrogen) atoms. The predicted molar refractivity (Wildman–Crippen MR) is 85.0 cm³/mol. The molecular formula is C15H18FN3O3S. The number of thiazole rings is 1. The zero-order chi connectivity index (χ0) is 16.7. The quantitative estimate of drug-likeness (QED) is 0.719. The molecule has 2 aromatic rings. The van der Waals surface area contributed by atoms with Crippen LogP contribution in [0.4, 0.5) is 9.18 Å². The van der Waals surface area contributed by atoms with Crippen LogP contribution in [-0.2, 0) is 6.54 Å². The molecule has 0 aliphatic carbocycles. The fourth-order valence-electron chi connectivity index (χ4n) is 1.72. The molecule has 1 heterocycles. The number of aromatic nitrogens is 1. The summed E-state index contributed by atoms with van der Waals surface area (Å²) in [4.78, 5) is 15.8. The molecular weight excluding hydrogens is 321 g/mol. The van der Waals surface area contributed by atoms with Gasteiger partial charge in [0.2, 0.25) is 0 Å². The zero-order valence-electron chi connectivity index (χ0n) is 12.6. The minimum absolute atomic E-state index is 0.0258. The summed E-state index contributed by atoms with van der Waals surface area (Å²) in [6, 6.07) is 5.24. The van der Waals surface area contributed by atoms with E-state index >= 15 is 0 Å². The van der Waals surface area contributed by atoms with Gasteiger partial charge in [-0.3, -0.25) is 0 Å². The lowest BCUT2D eigenvalue weighted by Crippen LogP contribution is -2.41. The maximum atomic E-state index is 13.0. The molecule has 1 aromatic heterocycles. The lowest BCUT2D eigenvalue weighted by molar-refractivity contribution is 0.107. The number of halogens is 1. The van der Waals surface area contributed by atoms with E-state index in [1.807, 2.05) is 12.3 Å². The van der Waals surface area contributed by atoms with Crippen molar-refractivity contribution in [1.82, 2.24) is 15.6 Å². The van der Waals surface area contributed by atoms with Gasteiger partial charge in [0.25, 0.3) is 0 Å². The van der Waals surface area contributed by atoms with Crippen LogP contribution in [0.5, 0.6) is 5.75 Å². The molecule has 1 aromatic carbocycles. The molecule has 2 rings (SSSR count). The van der Waals surface area contributed by atoms with Gasteiger partial charge in [-0.05, 0) is 19.1 Å². The molecule has 0 saturated carbocycles. The first-order chi connectivity index (χ1) is 11.0. The third kappa shape index (κ3) is 6.21. The van der Waals surface area contributed by atoms with Gasteiger partial charge in [0.15, 0.2) is 0 Å². The molecule has 0 aliphatic heterocycles. The van der Waals surface area contributed by atoms with E-state index in [9.17, 15) is 14.3 Å². The lowest BCUT2D eigenvalue weighted by Gasteiger charge is -2.13. The Bertz CT molecular complexity index is 650. The third-order valence-corrected chi connectivity index (χ3v) is 3.77. The largest absolute Gasteiger partial charge is 0.491 e. The van der Waals surface area contributed by atoms with Gasteiger partial charge >= 0.3 is 6.03 Å². The van der Waals surface area contributed by atoms with Crippen LogP contribution in [-0.4, -0.2) is 35.4 Å². The van der Waals surface area contributed by atoms with Gasteiger partial charge in [-0.2, -0.15) is 0 Å². The Morgan fingerprint density at radius 2 is 2.30 bits per heavy atom. The van der Waals surface area contributed by atoms with E-state index in [4.69, 9.17) is 4.74 Å². The van der Waals surface area contributed by atoms with Crippen molar-refractivity contribution in [2.45, 2.75) is 19.6 Å². The highest BCUT2D eigenvalue weighted by atomic mass is 32.1. The number of nitrogens with one attached hydrogen (secondary N) is 2. The molecule has 0 fully saturated rings. The second kappa shape index (κ2) is 8.44. The van der Waals surface area contributed by atoms with Crippen LogP contribution in [0.25, 0.3) is 0 Å². The number of rotatable bonds is 7. The molecule has 1 atom stereocenters. The number of aryl methyl sites for hydroxylation is 1. The molecule has 3 N–H and O–H groups in total. The minimum Gasteiger partial charge on any atom is -0.491 e. The first-order valence-electron chi connectivity index (χ1n) is 7.02. The average Bonchev–Trinajstić information content (AvgIpc) is 2.94. The number of carbonyl (C=O) groups excluding carboxylic acids is 1. The number of benzene rings is 1. The van der Waals surface area contributed by atoms with E-state index < -0.39 is 18.0 Å². The smallest absolute Gasteiger partial charge is 0.315 e. The average molecular weight is 339 g/mol. The summed E-state index contributed by atoms with van der Waals surface area (Å²) in [5.74, 6) is -0.0837. The summed E-state index contributed by atoms with van der Waals surface area (Å²) in [7, 11) is 0. The van der Waals surface area contributed by atoms with E-state index in [0.717, 1.165) is 10.7 Å². The number of urea groups is 1. The van der Waals surface area contributed by atoms with E-state index in [0.29, 0.717) is 12.3 Å². The van der Waals surface area contributed by atoms with Crippen LogP contribution in [0.15, 0.2) is 29.6 Å². The fraction of sp³-hybridized carbons (Fsp3) is 0.333. The van der Waals surface area contributed by atoms with E-state index in [-0.39, 0.29) is 13.2 Å². The molecule has 8 heteroatoms. The predicted octanol–water partition coefficient (Wildman–Crippen LogP) is 1.83. The summed E-state index contributed by atoms with van der Waals surface area (Å²) >= 11 is 1.47. The maximum Gasteiger partial charge on any atom is 0.315 e. The van der Waals surface area contributed by atoms with Gasteiger partial charge < -0.3 is 20.5 Å². The van der Waals surface area contributed by atoms with Crippen molar-refractivity contribution in [3.8, 4) is 5.75 Å². The Morgan fingerprint density at radius 1 is 1.48 bits per heavy atom. The second-order valence-corrected chi connectivity index (χ2v) is 5.81. The van der Waals surface area contributed by atoms with E-state index in [1.165, 1.54) is 29.5 Å². The normalized spacial score (nSPS) is 11.8. The van der Waals surface area contributed by atoms with Crippen molar-refractivity contribution in [3.05, 3.63) is 46.2 Å². The number of ether oxygens (including phenoxy) is 1. The number of aliphatic hydroxyl groups is 1. The molecule has 0 unspecified atom stereocenters. The number of hydrogen-bond donors (Lipinski definition) is 3. The number of hydrogen-bond acceptors (Lipinski definition) is 5. The van der Waals surface area contributed by atoms with Crippen molar-refractivity contribution < 1.29 is 19.0 Å². The minimum atomic E-state index is -0.897. The standard InChI is InChI=1S/C15H18FN3O3S/c1-10-9-23-14(19-10)7-18-15(21)17-6-12(20)8-22-13-4-2-3-11(16)5-13/h2-5,9,12,20H,6-8H2,1H3,(H2,17,18,21)/t12-/m1/s1. The monoisotopic (exact) mass is 339 g/mol. The Kier molecular flexibility index (Phi) is 6.30. The van der Waals surface area contributed by atoms with E-state index in [1.54, 1.807) is 6.07 Å². The molecule has 0 saturated heterocycles. The van der Waals surface area contributed by atoms with Crippen molar-refractivity contribution in [3.63, 3.8) is 0 Å². The molecule has 0 radical (unpaired) electrons. The summed E-state index contributed by atoms with van der Waals surface area (Å²) in [5, 5.41) is 17.6. The highest BCUT2D eigenvalue weighted by molar-refractivity contribution is 7.09. The van der Waals surface area contributed by atoms with Crippen LogP contribution < -0.4 is 15.4 Å². The van der Waals surface area contributed by atoms with Crippen LogP contribution in [0.2, 0.25) is 0 Å². The number of carbonyl (C=O) groups is 1. The Balaban J connectivity index is 1.63. The van der Waals surface area contributed by atoms with Gasteiger partial charge in [-0.25, -0.2) is 14.2 Å². The molecule has 124 valence electrons. The Morgan fingerprint density at radius 3 is 3.00 bits per heavy atom. The van der Waals surface area contributed by atoms with Crippen molar-refractivity contribution in [1.29, 1.82) is 0 Å². The maximum absolute atomic E-state index is 13.0. The molecule has 6 nitrogen and oxygen atoms in total. The lowest BCUT2D eigenvalue weighted by atomic mass is 10.3. The topological polar surface area (TPSA) is 83.5 Å². The van der Waals surface area contributed by atoms with Gasteiger partial charge in [0.1, 0.15) is 29.3 Å². The fourth-order valence-corrected chi connectivity index (χ4v) is 2.43. The second-order valence-electron chi connectivity index (χ2n) is 4.87. The Labute approximate surface area is 137 Å². The van der Waals surface area contributed by atoms with Crippen LogP contribution in [0, 0.1) is 12.7 Å². The van der Waals surface area contributed by atoms with E-state index in [2.05, 4.69) is 15.6 Å². The number of aliphatic hydroxyl groups excluding tert-OH is 1. The Hall–Kier alpha value is -2.19. The highest BCUT2D eigenvalue weighted by Gasteiger charge is 2.09. The summed E-state index contributed by atoms with van der Waals surface area (Å²) in [6.07, 6.45) is -0.897. The molecule has 0 aliphatic rings. The van der Waals surface area contributed by atoms with Crippen LogP contribution >= 0.6 is 11.3 Å². The van der Waals surface area contributed by atoms with Crippen molar-refractivity contribution >= 4 is 17.4 Å². The number of amides is 2. The van der Waals surface area contributed by atoms with Crippen LogP contribution in [0.1, 0.15) is 10.7 Å². The summed E-state index contributed by atoms with van der Waals surface area (Å²) in [6.45, 7) is 2.20. The molecule has 0 bridgehead atoms. The molecule has 2 amide bonds. The van der Waals surface area contributed by atoms with Crippen LogP contribution in [0.3, 0.4) is 0 Å². The van der Waals surface area contributed by atoms with Gasteiger partial charge in [-0.1, -0.05) is 6.07 Å². The van der Waals surface area contributed by atoms with Gasteiger partial charge in [-0.15, -0.1) is 11.3 Å². The summed E-state index contributed by atoms with van der Waals surface area (Å²) < 4.78 is 18.2. The first-order valence-corrected chi connectivity index (χ1v) is 7.90. The highest BCUT2D eigenvalue weighted by Crippen LogP contribution is 2.12. The molecule has 0 spiro atoms. The first kappa shape index (κ1) is 17.2. The van der Waals surface area contributed by atoms with Crippen molar-refractivity contribution in [2.24, 2.45) is 0 Å². The van der Waals surface area contributed by atoms with Gasteiger partial charge in [0, 0.05) is 23.7 Å².